The van der Waals surface area contributed by atoms with Crippen molar-refractivity contribution in [3.63, 3.8) is 0 Å². The Morgan fingerprint density at radius 2 is 1.93 bits per heavy atom. The molecule has 0 aliphatic carbocycles. The van der Waals surface area contributed by atoms with Crippen LogP contribution in [-0.4, -0.2) is 55.4 Å². The van der Waals surface area contributed by atoms with Crippen molar-refractivity contribution < 1.29 is 22.8 Å². The normalized spacial score (nSPS) is 11.4. The van der Waals surface area contributed by atoms with Crippen LogP contribution in [0, 0.1) is 0 Å². The molecule has 2 amide bonds. The van der Waals surface area contributed by atoms with Crippen molar-refractivity contribution in [3.05, 3.63) is 40.9 Å². The van der Waals surface area contributed by atoms with Gasteiger partial charge in [0, 0.05) is 37.1 Å². The van der Waals surface area contributed by atoms with Crippen molar-refractivity contribution in [2.45, 2.75) is 12.6 Å². The largest absolute Gasteiger partial charge is 0.416 e. The Bertz CT molecular complexity index is 839. The van der Waals surface area contributed by atoms with Crippen LogP contribution < -0.4 is 16.0 Å². The predicted octanol–water partition coefficient (Wildman–Crippen LogP) is 2.70. The van der Waals surface area contributed by atoms with Gasteiger partial charge in [0.25, 0.3) is 5.91 Å². The fraction of sp³-hybridized carbons (Fsp3) is 0.389. The lowest BCUT2D eigenvalue weighted by atomic mass is 10.2. The van der Waals surface area contributed by atoms with Crippen LogP contribution in [0.1, 0.15) is 22.5 Å². The van der Waals surface area contributed by atoms with Crippen LogP contribution in [0.3, 0.4) is 0 Å². The van der Waals surface area contributed by atoms with Crippen LogP contribution in [0.4, 0.5) is 24.0 Å². The first kappa shape index (κ1) is 22.6. The molecule has 0 unspecified atom stereocenters. The van der Waals surface area contributed by atoms with Crippen molar-refractivity contribution in [2.24, 2.45) is 0 Å². The molecular formula is C18H22F3N5O2S. The minimum absolute atomic E-state index is 0.123. The van der Waals surface area contributed by atoms with Gasteiger partial charge in [0.2, 0.25) is 5.91 Å². The summed E-state index contributed by atoms with van der Waals surface area (Å²) < 4.78 is 38.3. The Kier molecular flexibility index (Phi) is 7.97. The number of nitrogens with one attached hydrogen (secondary N) is 3. The predicted molar refractivity (Wildman–Crippen MR) is 105 cm³/mol. The quantitative estimate of drug-likeness (QED) is 0.571. The highest BCUT2D eigenvalue weighted by molar-refractivity contribution is 7.14. The zero-order chi connectivity index (χ0) is 21.4. The lowest BCUT2D eigenvalue weighted by molar-refractivity contribution is -0.137. The van der Waals surface area contributed by atoms with Crippen LogP contribution in [0.5, 0.6) is 0 Å². The van der Waals surface area contributed by atoms with E-state index in [1.165, 1.54) is 17.5 Å². The average Bonchev–Trinajstić information content (AvgIpc) is 3.09. The van der Waals surface area contributed by atoms with Gasteiger partial charge in [-0.1, -0.05) is 6.07 Å². The zero-order valence-electron chi connectivity index (χ0n) is 16.0. The Morgan fingerprint density at radius 1 is 1.17 bits per heavy atom. The Labute approximate surface area is 170 Å². The number of thiazole rings is 1. The molecule has 2 rings (SSSR count). The molecule has 0 atom stereocenters. The molecule has 2 aromatic rings. The van der Waals surface area contributed by atoms with E-state index in [0.717, 1.165) is 30.0 Å². The fourth-order valence-corrected chi connectivity index (χ4v) is 2.93. The maximum absolute atomic E-state index is 12.8. The second-order valence-corrected chi connectivity index (χ2v) is 7.26. The number of anilines is 2. The Hall–Kier alpha value is -2.66. The van der Waals surface area contributed by atoms with Gasteiger partial charge in [-0.05, 0) is 32.3 Å². The van der Waals surface area contributed by atoms with Crippen molar-refractivity contribution >= 4 is 34.0 Å². The maximum Gasteiger partial charge on any atom is 0.416 e. The second kappa shape index (κ2) is 10.2. The molecule has 3 N–H and O–H groups in total. The van der Waals surface area contributed by atoms with Crippen molar-refractivity contribution in [3.8, 4) is 0 Å². The molecule has 0 aliphatic rings. The van der Waals surface area contributed by atoms with E-state index in [1.807, 2.05) is 19.0 Å². The summed E-state index contributed by atoms with van der Waals surface area (Å²) in [7, 11) is 3.80. The van der Waals surface area contributed by atoms with Crippen molar-refractivity contribution in [1.82, 2.24) is 20.5 Å². The molecule has 1 aromatic heterocycles. The number of halogens is 3. The summed E-state index contributed by atoms with van der Waals surface area (Å²) >= 11 is 1.09. The standard InChI is InChI=1S/C18H22F3N5O2S/c1-26(2)9-8-22-15(27)6-7-23-16(28)14-11-29-17(25-14)24-13-5-3-4-12(10-13)18(19,20)21/h3-5,10-11H,6-9H2,1-2H3,(H,22,27)(H,23,28)(H,24,25). The van der Waals surface area contributed by atoms with E-state index in [4.69, 9.17) is 0 Å². The van der Waals surface area contributed by atoms with Crippen molar-refractivity contribution in [1.29, 1.82) is 0 Å². The number of likely N-dealkylation sites (N-methyl/N-ethyl adjacent to an activating group) is 1. The van der Waals surface area contributed by atoms with E-state index in [9.17, 15) is 22.8 Å². The molecule has 0 spiro atoms. The van der Waals surface area contributed by atoms with E-state index in [-0.39, 0.29) is 35.4 Å². The number of hydrogen-bond donors (Lipinski definition) is 3. The third kappa shape index (κ3) is 7.70. The smallest absolute Gasteiger partial charge is 0.355 e. The molecule has 7 nitrogen and oxygen atoms in total. The lowest BCUT2D eigenvalue weighted by Crippen LogP contribution is -2.34. The molecule has 0 radical (unpaired) electrons. The summed E-state index contributed by atoms with van der Waals surface area (Å²) in [6.45, 7) is 1.40. The summed E-state index contributed by atoms with van der Waals surface area (Å²) in [5, 5.41) is 9.87. The van der Waals surface area contributed by atoms with Crippen LogP contribution >= 0.6 is 11.3 Å². The van der Waals surface area contributed by atoms with Crippen LogP contribution in [0.25, 0.3) is 0 Å². The van der Waals surface area contributed by atoms with E-state index < -0.39 is 17.6 Å². The number of carbonyl (C=O) groups excluding carboxylic acids is 2. The molecule has 0 saturated carbocycles. The van der Waals surface area contributed by atoms with Crippen LogP contribution in [-0.2, 0) is 11.0 Å². The van der Waals surface area contributed by atoms with E-state index >= 15 is 0 Å². The molecule has 0 fully saturated rings. The molecule has 158 valence electrons. The summed E-state index contributed by atoms with van der Waals surface area (Å²) in [4.78, 5) is 29.8. The number of alkyl halides is 3. The van der Waals surface area contributed by atoms with Gasteiger partial charge in [-0.15, -0.1) is 11.3 Å². The van der Waals surface area contributed by atoms with Gasteiger partial charge in [0.1, 0.15) is 5.69 Å². The van der Waals surface area contributed by atoms with Crippen LogP contribution in [0.2, 0.25) is 0 Å². The third-order valence-corrected chi connectivity index (χ3v) is 4.45. The number of aromatic nitrogens is 1. The molecular weight excluding hydrogens is 407 g/mol. The molecule has 0 bridgehead atoms. The van der Waals surface area contributed by atoms with Gasteiger partial charge >= 0.3 is 6.18 Å². The molecule has 29 heavy (non-hydrogen) atoms. The minimum atomic E-state index is -4.44. The number of amides is 2. The zero-order valence-corrected chi connectivity index (χ0v) is 16.8. The average molecular weight is 429 g/mol. The van der Waals surface area contributed by atoms with Gasteiger partial charge in [0.15, 0.2) is 5.13 Å². The summed E-state index contributed by atoms with van der Waals surface area (Å²) in [5.74, 6) is -0.628. The molecule has 0 aliphatic heterocycles. The summed E-state index contributed by atoms with van der Waals surface area (Å²) in [5.41, 5.74) is -0.436. The number of nitrogens with zero attached hydrogens (tertiary/aromatic N) is 2. The third-order valence-electron chi connectivity index (χ3n) is 3.70. The van der Waals surface area contributed by atoms with Crippen LogP contribution in [0.15, 0.2) is 29.6 Å². The molecule has 0 saturated heterocycles. The first-order valence-corrected chi connectivity index (χ1v) is 9.62. The van der Waals surface area contributed by atoms with Gasteiger partial charge in [-0.3, -0.25) is 9.59 Å². The number of benzene rings is 1. The fourth-order valence-electron chi connectivity index (χ4n) is 2.22. The summed E-state index contributed by atoms with van der Waals surface area (Å²) in [6.07, 6.45) is -4.30. The lowest BCUT2D eigenvalue weighted by Gasteiger charge is -2.10. The second-order valence-electron chi connectivity index (χ2n) is 6.40. The highest BCUT2D eigenvalue weighted by Crippen LogP contribution is 2.31. The molecule has 1 heterocycles. The van der Waals surface area contributed by atoms with Crippen molar-refractivity contribution in [2.75, 3.05) is 39.0 Å². The number of rotatable bonds is 9. The molecule has 11 heteroatoms. The SMILES string of the molecule is CN(C)CCNC(=O)CCNC(=O)c1csc(Nc2cccc(C(F)(F)F)c2)n1. The van der Waals surface area contributed by atoms with Gasteiger partial charge < -0.3 is 20.9 Å². The minimum Gasteiger partial charge on any atom is -0.355 e. The van der Waals surface area contributed by atoms with Gasteiger partial charge in [-0.25, -0.2) is 4.98 Å². The maximum atomic E-state index is 12.8. The number of hydrogen-bond acceptors (Lipinski definition) is 6. The molecule has 1 aromatic carbocycles. The first-order valence-electron chi connectivity index (χ1n) is 8.74. The Morgan fingerprint density at radius 3 is 2.62 bits per heavy atom. The topological polar surface area (TPSA) is 86.4 Å². The van der Waals surface area contributed by atoms with Gasteiger partial charge in [-0.2, -0.15) is 13.2 Å². The van der Waals surface area contributed by atoms with Gasteiger partial charge in [0.05, 0.1) is 5.56 Å². The summed E-state index contributed by atoms with van der Waals surface area (Å²) in [6, 6.07) is 4.71. The highest BCUT2D eigenvalue weighted by Gasteiger charge is 2.30. The van der Waals surface area contributed by atoms with E-state index in [1.54, 1.807) is 0 Å². The highest BCUT2D eigenvalue weighted by atomic mass is 32.1. The number of carbonyl (C=O) groups is 2. The first-order chi connectivity index (χ1) is 13.6. The van der Waals surface area contributed by atoms with E-state index in [2.05, 4.69) is 20.9 Å². The monoisotopic (exact) mass is 429 g/mol. The van der Waals surface area contributed by atoms with E-state index in [0.29, 0.717) is 6.54 Å². The Balaban J connectivity index is 1.82.